The summed E-state index contributed by atoms with van der Waals surface area (Å²) >= 11 is 0. The Morgan fingerprint density at radius 1 is 1.50 bits per heavy atom. The minimum atomic E-state index is -0.591. The Bertz CT molecular complexity index is 219. The van der Waals surface area contributed by atoms with Crippen LogP contribution in [0.25, 0.3) is 0 Å². The van der Waals surface area contributed by atoms with Crippen LogP contribution in [-0.2, 0) is 4.79 Å². The van der Waals surface area contributed by atoms with E-state index in [1.165, 1.54) is 5.70 Å². The summed E-state index contributed by atoms with van der Waals surface area (Å²) < 4.78 is 0. The predicted octanol–water partition coefficient (Wildman–Crippen LogP) is 1.89. The highest BCUT2D eigenvalue weighted by Crippen LogP contribution is 2.33. The van der Waals surface area contributed by atoms with Crippen molar-refractivity contribution >= 4 is 16.5 Å². The number of carbonyl (C=O) groups excluding carboxylic acids is 1. The third kappa shape index (κ3) is 1.91. The highest BCUT2D eigenvalue weighted by molar-refractivity contribution is 8.33. The Labute approximate surface area is 76.3 Å². The first-order valence-electron chi connectivity index (χ1n) is 4.19. The van der Waals surface area contributed by atoms with Gasteiger partial charge in [0.2, 0.25) is 0 Å². The molecule has 0 spiro atoms. The zero-order chi connectivity index (χ0) is 8.97. The van der Waals surface area contributed by atoms with Crippen molar-refractivity contribution in [3.63, 3.8) is 0 Å². The maximum Gasteiger partial charge on any atom is 0.163 e. The molecule has 0 radical (unpaired) electrons. The first-order valence-corrected chi connectivity index (χ1v) is 5.74. The average molecular weight is 185 g/mol. The van der Waals surface area contributed by atoms with Crippen molar-refractivity contribution in [3.8, 4) is 0 Å². The fourth-order valence-electron chi connectivity index (χ4n) is 1.24. The second kappa shape index (κ2) is 4.36. The molecule has 12 heavy (non-hydrogen) atoms. The van der Waals surface area contributed by atoms with Gasteiger partial charge in [-0.3, -0.25) is 4.79 Å². The third-order valence-electron chi connectivity index (χ3n) is 1.95. The van der Waals surface area contributed by atoms with Gasteiger partial charge in [-0.1, -0.05) is 0 Å². The van der Waals surface area contributed by atoms with E-state index >= 15 is 0 Å². The van der Waals surface area contributed by atoms with Crippen molar-refractivity contribution in [2.75, 3.05) is 13.1 Å². The van der Waals surface area contributed by atoms with Crippen molar-refractivity contribution in [3.05, 3.63) is 22.6 Å². The van der Waals surface area contributed by atoms with Crippen molar-refractivity contribution in [1.29, 1.82) is 0 Å². The molecule has 1 aliphatic rings. The van der Waals surface area contributed by atoms with Gasteiger partial charge >= 0.3 is 0 Å². The van der Waals surface area contributed by atoms with Crippen molar-refractivity contribution < 1.29 is 4.79 Å². The number of allylic oxidation sites excluding steroid dienone is 1. The summed E-state index contributed by atoms with van der Waals surface area (Å²) in [4.78, 5) is 12.7. The maximum atomic E-state index is 10.5. The summed E-state index contributed by atoms with van der Waals surface area (Å²) in [7, 11) is -0.591. The minimum absolute atomic E-state index is 0.591. The predicted molar refractivity (Wildman–Crippen MR) is 55.9 cm³/mol. The van der Waals surface area contributed by atoms with Crippen molar-refractivity contribution in [2.45, 2.75) is 13.8 Å². The molecule has 2 nitrogen and oxygen atoms in total. The molecule has 0 aromatic rings. The monoisotopic (exact) mass is 185 g/mol. The summed E-state index contributed by atoms with van der Waals surface area (Å²) in [6.45, 7) is 6.27. The molecule has 68 valence electrons. The van der Waals surface area contributed by atoms with Crippen LogP contribution >= 0.6 is 10.9 Å². The molecule has 0 aromatic heterocycles. The third-order valence-corrected chi connectivity index (χ3v) is 3.25. The molecule has 0 saturated heterocycles. The second-order valence-corrected chi connectivity index (χ2v) is 4.26. The maximum absolute atomic E-state index is 10.5. The molecule has 0 aliphatic carbocycles. The largest absolute Gasteiger partial charge is 0.372 e. The first kappa shape index (κ1) is 9.39. The molecular weight excluding hydrogens is 170 g/mol. The molecule has 0 fully saturated rings. The van der Waals surface area contributed by atoms with Gasteiger partial charge in [0.05, 0.1) is 0 Å². The van der Waals surface area contributed by atoms with E-state index in [-0.39, 0.29) is 0 Å². The van der Waals surface area contributed by atoms with E-state index in [0.717, 1.165) is 18.7 Å². The summed E-state index contributed by atoms with van der Waals surface area (Å²) in [5.41, 5.74) is 2.24. The van der Waals surface area contributed by atoms with Crippen LogP contribution < -0.4 is 0 Å². The van der Waals surface area contributed by atoms with Crippen LogP contribution in [0, 0.1) is 0 Å². The van der Waals surface area contributed by atoms with Crippen LogP contribution in [0.3, 0.4) is 0 Å². The Kier molecular flexibility index (Phi) is 3.41. The second-order valence-electron chi connectivity index (χ2n) is 2.59. The van der Waals surface area contributed by atoms with Gasteiger partial charge in [0.15, 0.2) is 5.62 Å². The fourth-order valence-corrected chi connectivity index (χ4v) is 2.34. The van der Waals surface area contributed by atoms with Crippen LogP contribution in [0.5, 0.6) is 0 Å². The van der Waals surface area contributed by atoms with Gasteiger partial charge in [0.1, 0.15) is 0 Å². The van der Waals surface area contributed by atoms with Crippen molar-refractivity contribution in [2.24, 2.45) is 0 Å². The number of nitrogens with zero attached hydrogens (tertiary/aromatic N) is 1. The van der Waals surface area contributed by atoms with Gasteiger partial charge in [-0.25, -0.2) is 0 Å². The lowest BCUT2D eigenvalue weighted by Gasteiger charge is -2.20. The topological polar surface area (TPSA) is 20.3 Å². The molecule has 0 N–H and O–H groups in total. The molecule has 1 atom stereocenters. The number of hydrogen-bond donors (Lipinski definition) is 1. The van der Waals surface area contributed by atoms with Gasteiger partial charge in [0, 0.05) is 18.8 Å². The van der Waals surface area contributed by atoms with Gasteiger partial charge in [0.25, 0.3) is 0 Å². The normalized spacial score (nSPS) is 23.8. The number of thiol groups is 1. The zero-order valence-electron chi connectivity index (χ0n) is 7.53. The van der Waals surface area contributed by atoms with Gasteiger partial charge < -0.3 is 4.90 Å². The summed E-state index contributed by atoms with van der Waals surface area (Å²) in [6, 6.07) is 0. The van der Waals surface area contributed by atoms with Crippen LogP contribution in [0.1, 0.15) is 13.8 Å². The lowest BCUT2D eigenvalue weighted by molar-refractivity contribution is 0.396. The Morgan fingerprint density at radius 2 is 2.17 bits per heavy atom. The summed E-state index contributed by atoms with van der Waals surface area (Å²) in [6.07, 6.45) is 2.05. The first-order chi connectivity index (χ1) is 5.81. The van der Waals surface area contributed by atoms with Gasteiger partial charge in [-0.15, -0.1) is 0 Å². The molecule has 1 rings (SSSR count). The van der Waals surface area contributed by atoms with E-state index in [1.54, 1.807) is 0 Å². The summed E-state index contributed by atoms with van der Waals surface area (Å²) in [5.74, 6) is 0. The van der Waals surface area contributed by atoms with E-state index in [1.807, 2.05) is 11.5 Å². The molecule has 1 unspecified atom stereocenters. The number of likely N-dealkylation sites (N-methyl/N-ethyl adjacent to an activating group) is 1. The zero-order valence-corrected chi connectivity index (χ0v) is 8.42. The molecule has 3 heteroatoms. The lowest BCUT2D eigenvalue weighted by atomic mass is 10.4. The van der Waals surface area contributed by atoms with E-state index in [0.29, 0.717) is 0 Å². The molecular formula is C9H15NOS. The Morgan fingerprint density at radius 3 is 2.58 bits per heavy atom. The lowest BCUT2D eigenvalue weighted by Crippen LogP contribution is -2.20. The smallest absolute Gasteiger partial charge is 0.163 e. The number of rotatable bonds is 4. The highest BCUT2D eigenvalue weighted by atomic mass is 32.2. The van der Waals surface area contributed by atoms with E-state index in [9.17, 15) is 4.79 Å². The van der Waals surface area contributed by atoms with E-state index in [4.69, 9.17) is 0 Å². The van der Waals surface area contributed by atoms with Gasteiger partial charge in [-0.05, 0) is 30.7 Å². The Hall–Kier alpha value is -0.700. The average Bonchev–Trinajstić information content (AvgIpc) is 2.55. The van der Waals surface area contributed by atoms with Crippen molar-refractivity contribution in [1.82, 2.24) is 4.90 Å². The molecule has 0 saturated carbocycles. The molecule has 1 aliphatic heterocycles. The molecule has 0 aromatic carbocycles. The number of hydrogen-bond acceptors (Lipinski definition) is 2. The van der Waals surface area contributed by atoms with Gasteiger partial charge in [-0.2, -0.15) is 10.9 Å². The van der Waals surface area contributed by atoms with E-state index in [2.05, 4.69) is 24.2 Å². The molecule has 1 heterocycles. The standard InChI is InChI=1S/C9H15NOS/c1-3-10(4-2)9-5-6-12(7-9)8-11/h5-8,12H,3-4H2,1-2H3. The summed E-state index contributed by atoms with van der Waals surface area (Å²) in [5, 5.41) is 4.06. The van der Waals surface area contributed by atoms with Crippen LogP contribution in [0.2, 0.25) is 0 Å². The SMILES string of the molecule is CCN(CC)C1=C[SH](C=O)C=C1. The fraction of sp³-hybridized carbons (Fsp3) is 0.444. The molecule has 0 bridgehead atoms. The highest BCUT2D eigenvalue weighted by Gasteiger charge is 2.08. The number of carbonyl (C=O) groups is 1. The van der Waals surface area contributed by atoms with E-state index < -0.39 is 10.9 Å². The quantitative estimate of drug-likeness (QED) is 0.533. The van der Waals surface area contributed by atoms with Crippen LogP contribution in [0.4, 0.5) is 0 Å². The minimum Gasteiger partial charge on any atom is -0.372 e. The van der Waals surface area contributed by atoms with Crippen LogP contribution in [0.15, 0.2) is 22.6 Å². The van der Waals surface area contributed by atoms with Crippen LogP contribution in [-0.4, -0.2) is 23.6 Å². The Balaban J connectivity index is 2.65. The molecule has 0 amide bonds.